The van der Waals surface area contributed by atoms with Gasteiger partial charge in [-0.2, -0.15) is 5.10 Å². The quantitative estimate of drug-likeness (QED) is 0.362. The van der Waals surface area contributed by atoms with Crippen LogP contribution in [0.5, 0.6) is 0 Å². The summed E-state index contributed by atoms with van der Waals surface area (Å²) in [6.45, 7) is 3.29. The number of benzene rings is 3. The van der Waals surface area contributed by atoms with Crippen LogP contribution in [0.3, 0.4) is 0 Å². The van der Waals surface area contributed by atoms with Gasteiger partial charge in [0.2, 0.25) is 0 Å². The second-order valence-electron chi connectivity index (χ2n) is 7.78. The van der Waals surface area contributed by atoms with Gasteiger partial charge in [-0.3, -0.25) is 9.00 Å². The number of aryl methyl sites for hydroxylation is 1. The second-order valence-corrected chi connectivity index (χ2v) is 9.49. The third-order valence-electron chi connectivity index (χ3n) is 5.27. The SMILES string of the molecule is CC[S@@](=O)c1ccccc1C(=O)OCC(=O)Nc1cc(-c2ccc(C)cc2)nn1-c1ccccc1. The second kappa shape index (κ2) is 10.9. The number of hydrogen-bond acceptors (Lipinski definition) is 5. The molecule has 7 nitrogen and oxygen atoms in total. The van der Waals surface area contributed by atoms with Gasteiger partial charge >= 0.3 is 5.97 Å². The summed E-state index contributed by atoms with van der Waals surface area (Å²) in [7, 11) is -1.32. The minimum atomic E-state index is -1.32. The van der Waals surface area contributed by atoms with Gasteiger partial charge in [0.25, 0.3) is 5.91 Å². The third-order valence-corrected chi connectivity index (χ3v) is 6.64. The number of nitrogens with one attached hydrogen (secondary N) is 1. The zero-order valence-corrected chi connectivity index (χ0v) is 20.2. The van der Waals surface area contributed by atoms with E-state index < -0.39 is 29.3 Å². The molecule has 0 saturated carbocycles. The molecule has 4 aromatic rings. The number of nitrogens with zero attached hydrogens (tertiary/aromatic N) is 2. The number of para-hydroxylation sites is 1. The maximum atomic E-state index is 12.7. The first-order chi connectivity index (χ1) is 17.0. The fraction of sp³-hybridized carbons (Fsp3) is 0.148. The van der Waals surface area contributed by atoms with E-state index in [0.717, 1.165) is 16.8 Å². The van der Waals surface area contributed by atoms with Gasteiger partial charge in [-0.15, -0.1) is 0 Å². The molecule has 0 saturated heterocycles. The van der Waals surface area contributed by atoms with Gasteiger partial charge in [-0.1, -0.05) is 67.1 Å². The molecule has 3 aromatic carbocycles. The van der Waals surface area contributed by atoms with Crippen LogP contribution in [0.25, 0.3) is 16.9 Å². The fourth-order valence-corrected chi connectivity index (χ4v) is 4.42. The molecule has 0 aliphatic carbocycles. The van der Waals surface area contributed by atoms with E-state index >= 15 is 0 Å². The molecular weight excluding hydrogens is 462 g/mol. The van der Waals surface area contributed by atoms with Crippen molar-refractivity contribution in [2.75, 3.05) is 17.7 Å². The first kappa shape index (κ1) is 24.1. The summed E-state index contributed by atoms with van der Waals surface area (Å²) >= 11 is 0. The van der Waals surface area contributed by atoms with E-state index in [9.17, 15) is 13.8 Å². The van der Waals surface area contributed by atoms with Crippen molar-refractivity contribution >= 4 is 28.5 Å². The Balaban J connectivity index is 1.52. The molecule has 1 heterocycles. The molecule has 0 bridgehead atoms. The topological polar surface area (TPSA) is 90.3 Å². The van der Waals surface area contributed by atoms with E-state index in [1.165, 1.54) is 0 Å². The van der Waals surface area contributed by atoms with Crippen LogP contribution < -0.4 is 5.32 Å². The van der Waals surface area contributed by atoms with Crippen molar-refractivity contribution in [3.63, 3.8) is 0 Å². The highest BCUT2D eigenvalue weighted by Gasteiger charge is 2.19. The molecule has 1 atom stereocenters. The van der Waals surface area contributed by atoms with E-state index in [1.54, 1.807) is 41.9 Å². The summed E-state index contributed by atoms with van der Waals surface area (Å²) in [5, 5.41) is 7.47. The Labute approximate surface area is 206 Å². The summed E-state index contributed by atoms with van der Waals surface area (Å²) in [5.41, 5.74) is 3.70. The van der Waals surface area contributed by atoms with E-state index in [2.05, 4.69) is 10.4 Å². The summed E-state index contributed by atoms with van der Waals surface area (Å²) in [5.74, 6) is -0.396. The number of hydrogen-bond donors (Lipinski definition) is 1. The van der Waals surface area contributed by atoms with Gasteiger partial charge < -0.3 is 10.1 Å². The minimum Gasteiger partial charge on any atom is -0.452 e. The summed E-state index contributed by atoms with van der Waals surface area (Å²) in [6, 6.07) is 25.7. The molecule has 0 fully saturated rings. The average Bonchev–Trinajstić information content (AvgIpc) is 3.31. The van der Waals surface area contributed by atoms with Crippen molar-refractivity contribution in [1.29, 1.82) is 0 Å². The summed E-state index contributed by atoms with van der Waals surface area (Å²) in [4.78, 5) is 25.7. The van der Waals surface area contributed by atoms with Crippen LogP contribution in [0, 0.1) is 6.92 Å². The monoisotopic (exact) mass is 487 g/mol. The number of aromatic nitrogens is 2. The van der Waals surface area contributed by atoms with Crippen molar-refractivity contribution in [3.05, 3.63) is 96.1 Å². The Bertz CT molecular complexity index is 1360. The molecule has 0 aliphatic rings. The maximum Gasteiger partial charge on any atom is 0.339 e. The average molecular weight is 488 g/mol. The lowest BCUT2D eigenvalue weighted by Gasteiger charge is -2.10. The van der Waals surface area contributed by atoms with Crippen LogP contribution in [-0.2, 0) is 20.3 Å². The fourth-order valence-electron chi connectivity index (χ4n) is 3.48. The van der Waals surface area contributed by atoms with Gasteiger partial charge in [-0.05, 0) is 31.2 Å². The molecule has 0 unspecified atom stereocenters. The largest absolute Gasteiger partial charge is 0.452 e. The third kappa shape index (κ3) is 5.73. The molecular formula is C27H25N3O4S. The van der Waals surface area contributed by atoms with Crippen LogP contribution in [-0.4, -0.2) is 38.2 Å². The normalized spacial score (nSPS) is 11.6. The minimum absolute atomic E-state index is 0.191. The molecule has 4 rings (SSSR count). The summed E-state index contributed by atoms with van der Waals surface area (Å²) < 4.78 is 19.1. The molecule has 178 valence electrons. The smallest absolute Gasteiger partial charge is 0.339 e. The van der Waals surface area contributed by atoms with E-state index in [1.807, 2.05) is 61.5 Å². The lowest BCUT2D eigenvalue weighted by molar-refractivity contribution is -0.119. The Morgan fingerprint density at radius 1 is 0.971 bits per heavy atom. The van der Waals surface area contributed by atoms with Crippen molar-refractivity contribution in [1.82, 2.24) is 9.78 Å². The Hall–Kier alpha value is -4.04. The zero-order chi connectivity index (χ0) is 24.8. The van der Waals surface area contributed by atoms with Crippen LogP contribution in [0.4, 0.5) is 5.82 Å². The Kier molecular flexibility index (Phi) is 7.52. The van der Waals surface area contributed by atoms with E-state index in [0.29, 0.717) is 22.2 Å². The van der Waals surface area contributed by atoms with Gasteiger partial charge in [-0.25, -0.2) is 9.48 Å². The molecule has 8 heteroatoms. The predicted molar refractivity (Wildman–Crippen MR) is 136 cm³/mol. The highest BCUT2D eigenvalue weighted by atomic mass is 32.2. The van der Waals surface area contributed by atoms with Gasteiger partial charge in [0, 0.05) is 17.4 Å². The lowest BCUT2D eigenvalue weighted by Crippen LogP contribution is -2.23. The number of rotatable bonds is 8. The molecule has 0 aliphatic heterocycles. The molecule has 0 spiro atoms. The number of carbonyl (C=O) groups excluding carboxylic acids is 2. The number of amides is 1. The number of anilines is 1. The van der Waals surface area contributed by atoms with Crippen molar-refractivity contribution < 1.29 is 18.5 Å². The van der Waals surface area contributed by atoms with Crippen molar-refractivity contribution in [2.24, 2.45) is 0 Å². The number of carbonyl (C=O) groups is 2. The molecule has 1 aromatic heterocycles. The highest BCUT2D eigenvalue weighted by molar-refractivity contribution is 7.85. The Morgan fingerprint density at radius 3 is 2.37 bits per heavy atom. The first-order valence-electron chi connectivity index (χ1n) is 11.1. The van der Waals surface area contributed by atoms with Crippen LogP contribution >= 0.6 is 0 Å². The van der Waals surface area contributed by atoms with Crippen LogP contribution in [0.15, 0.2) is 89.8 Å². The number of esters is 1. The lowest BCUT2D eigenvalue weighted by atomic mass is 10.1. The van der Waals surface area contributed by atoms with Crippen LogP contribution in [0.1, 0.15) is 22.8 Å². The van der Waals surface area contributed by atoms with Crippen molar-refractivity contribution in [3.8, 4) is 16.9 Å². The summed E-state index contributed by atoms with van der Waals surface area (Å²) in [6.07, 6.45) is 0. The zero-order valence-electron chi connectivity index (χ0n) is 19.4. The van der Waals surface area contributed by atoms with Gasteiger partial charge in [0.15, 0.2) is 6.61 Å². The number of ether oxygens (including phenoxy) is 1. The van der Waals surface area contributed by atoms with Gasteiger partial charge in [0.05, 0.1) is 32.6 Å². The van der Waals surface area contributed by atoms with Crippen LogP contribution in [0.2, 0.25) is 0 Å². The molecule has 35 heavy (non-hydrogen) atoms. The highest BCUT2D eigenvalue weighted by Crippen LogP contribution is 2.25. The van der Waals surface area contributed by atoms with E-state index in [-0.39, 0.29) is 5.56 Å². The molecule has 0 radical (unpaired) electrons. The Morgan fingerprint density at radius 2 is 1.66 bits per heavy atom. The van der Waals surface area contributed by atoms with Gasteiger partial charge in [0.1, 0.15) is 5.82 Å². The standard InChI is InChI=1S/C27H25N3O4S/c1-3-35(33)24-12-8-7-11-22(24)27(32)34-18-26(31)28-25-17-23(20-15-13-19(2)14-16-20)29-30(25)21-9-5-4-6-10-21/h4-17H,3,18H2,1-2H3,(H,28,31)/t35-/m1/s1. The van der Waals surface area contributed by atoms with E-state index in [4.69, 9.17) is 4.74 Å². The predicted octanol–water partition coefficient (Wildman–Crippen LogP) is 4.77. The van der Waals surface area contributed by atoms with Crippen molar-refractivity contribution in [2.45, 2.75) is 18.7 Å². The maximum absolute atomic E-state index is 12.7. The molecule has 1 N–H and O–H groups in total. The first-order valence-corrected chi connectivity index (χ1v) is 12.4. The molecule has 1 amide bonds.